The van der Waals surface area contributed by atoms with Crippen molar-refractivity contribution in [1.29, 1.82) is 0 Å². The molecule has 0 unspecified atom stereocenters. The van der Waals surface area contributed by atoms with Crippen LogP contribution in [0.25, 0.3) is 6.08 Å². The summed E-state index contributed by atoms with van der Waals surface area (Å²) in [7, 11) is 2.93. The summed E-state index contributed by atoms with van der Waals surface area (Å²) < 4.78 is 9.47. The quantitative estimate of drug-likeness (QED) is 0.704. The molecule has 0 fully saturated rings. The maximum atomic E-state index is 10.8. The Bertz CT molecular complexity index is 361. The van der Waals surface area contributed by atoms with Gasteiger partial charge in [-0.25, -0.2) is 4.98 Å². The summed E-state index contributed by atoms with van der Waals surface area (Å²) in [5, 5.41) is 0. The summed E-state index contributed by atoms with van der Waals surface area (Å²) >= 11 is 0. The van der Waals surface area contributed by atoms with Gasteiger partial charge in [0.2, 0.25) is 5.88 Å². The number of hydrogen-bond donors (Lipinski definition) is 0. The van der Waals surface area contributed by atoms with Crippen LogP contribution in [0.4, 0.5) is 0 Å². The Morgan fingerprint density at radius 2 is 2.33 bits per heavy atom. The lowest BCUT2D eigenvalue weighted by Gasteiger charge is -1.98. The molecular formula is C11H13NO3. The van der Waals surface area contributed by atoms with E-state index in [2.05, 4.69) is 9.72 Å². The summed E-state index contributed by atoms with van der Waals surface area (Å²) in [4.78, 5) is 14.8. The van der Waals surface area contributed by atoms with Crippen LogP contribution in [0.2, 0.25) is 0 Å². The Kier molecular flexibility index (Phi) is 4.34. The Morgan fingerprint density at radius 1 is 1.53 bits per heavy atom. The van der Waals surface area contributed by atoms with Crippen molar-refractivity contribution >= 4 is 12.0 Å². The van der Waals surface area contributed by atoms with Crippen molar-refractivity contribution in [2.45, 2.75) is 6.42 Å². The number of hydrogen-bond acceptors (Lipinski definition) is 4. The summed E-state index contributed by atoms with van der Waals surface area (Å²) in [6.07, 6.45) is 5.47. The second-order valence-corrected chi connectivity index (χ2v) is 2.81. The second-order valence-electron chi connectivity index (χ2n) is 2.81. The van der Waals surface area contributed by atoms with E-state index in [1.165, 1.54) is 7.11 Å². The molecule has 0 radical (unpaired) electrons. The Balaban J connectivity index is 2.59. The highest BCUT2D eigenvalue weighted by molar-refractivity contribution is 5.72. The van der Waals surface area contributed by atoms with Crippen molar-refractivity contribution < 1.29 is 14.3 Å². The van der Waals surface area contributed by atoms with E-state index in [1.54, 1.807) is 25.4 Å². The zero-order valence-electron chi connectivity index (χ0n) is 8.77. The van der Waals surface area contributed by atoms with E-state index in [9.17, 15) is 4.79 Å². The van der Waals surface area contributed by atoms with Gasteiger partial charge in [0.15, 0.2) is 0 Å². The van der Waals surface area contributed by atoms with E-state index < -0.39 is 0 Å². The minimum absolute atomic E-state index is 0.257. The number of esters is 1. The number of rotatable bonds is 4. The van der Waals surface area contributed by atoms with Gasteiger partial charge in [-0.1, -0.05) is 12.2 Å². The zero-order valence-corrected chi connectivity index (χ0v) is 8.77. The van der Waals surface area contributed by atoms with Crippen LogP contribution in [0.5, 0.6) is 5.88 Å². The lowest BCUT2D eigenvalue weighted by atomic mass is 10.2. The summed E-state index contributed by atoms with van der Waals surface area (Å²) in [6.45, 7) is 0. The van der Waals surface area contributed by atoms with Crippen LogP contribution < -0.4 is 4.74 Å². The van der Waals surface area contributed by atoms with Crippen molar-refractivity contribution in [3.8, 4) is 5.88 Å². The average Bonchev–Trinajstić information content (AvgIpc) is 2.29. The molecule has 0 saturated carbocycles. The lowest BCUT2D eigenvalue weighted by Crippen LogP contribution is -1.96. The third-order valence-corrected chi connectivity index (χ3v) is 1.79. The van der Waals surface area contributed by atoms with Crippen LogP contribution in [0.15, 0.2) is 24.4 Å². The first kappa shape index (κ1) is 11.2. The number of aromatic nitrogens is 1. The fourth-order valence-electron chi connectivity index (χ4n) is 1.01. The van der Waals surface area contributed by atoms with Gasteiger partial charge in [0.05, 0.1) is 20.6 Å². The van der Waals surface area contributed by atoms with E-state index in [1.807, 2.05) is 12.1 Å². The Labute approximate surface area is 88.5 Å². The smallest absolute Gasteiger partial charge is 0.309 e. The standard InChI is InChI=1S/C11H13NO3/c1-14-10-8-9(6-7-12-10)4-3-5-11(13)15-2/h3-4,6-8H,5H2,1-2H3. The summed E-state index contributed by atoms with van der Waals surface area (Å²) in [5.41, 5.74) is 0.936. The van der Waals surface area contributed by atoms with Gasteiger partial charge in [0.1, 0.15) is 0 Å². The van der Waals surface area contributed by atoms with Gasteiger partial charge >= 0.3 is 5.97 Å². The highest BCUT2D eigenvalue weighted by Gasteiger charge is 1.95. The van der Waals surface area contributed by atoms with Crippen LogP contribution in [0, 0.1) is 0 Å². The van der Waals surface area contributed by atoms with Gasteiger partial charge in [-0.05, 0) is 11.6 Å². The molecular weight excluding hydrogens is 194 g/mol. The highest BCUT2D eigenvalue weighted by Crippen LogP contribution is 2.10. The molecule has 0 bridgehead atoms. The molecule has 1 aromatic heterocycles. The predicted octanol–water partition coefficient (Wildman–Crippen LogP) is 1.67. The monoisotopic (exact) mass is 207 g/mol. The van der Waals surface area contributed by atoms with Gasteiger partial charge < -0.3 is 9.47 Å². The number of nitrogens with zero attached hydrogens (tertiary/aromatic N) is 1. The largest absolute Gasteiger partial charge is 0.481 e. The lowest BCUT2D eigenvalue weighted by molar-refractivity contribution is -0.139. The SMILES string of the molecule is COC(=O)CC=Cc1ccnc(OC)c1. The van der Waals surface area contributed by atoms with E-state index in [4.69, 9.17) is 4.74 Å². The molecule has 0 saturated heterocycles. The topological polar surface area (TPSA) is 48.4 Å². The number of ether oxygens (including phenoxy) is 2. The molecule has 15 heavy (non-hydrogen) atoms. The molecule has 0 spiro atoms. The van der Waals surface area contributed by atoms with Crippen LogP contribution >= 0.6 is 0 Å². The summed E-state index contributed by atoms with van der Waals surface area (Å²) in [6, 6.07) is 3.62. The minimum atomic E-state index is -0.257. The number of methoxy groups -OCH3 is 2. The molecule has 4 heteroatoms. The minimum Gasteiger partial charge on any atom is -0.481 e. The third-order valence-electron chi connectivity index (χ3n) is 1.79. The van der Waals surface area contributed by atoms with Crippen molar-refractivity contribution in [3.63, 3.8) is 0 Å². The normalized spacial score (nSPS) is 10.3. The Morgan fingerprint density at radius 3 is 3.00 bits per heavy atom. The van der Waals surface area contributed by atoms with Crippen molar-refractivity contribution in [1.82, 2.24) is 4.98 Å². The van der Waals surface area contributed by atoms with E-state index in [-0.39, 0.29) is 12.4 Å². The van der Waals surface area contributed by atoms with Gasteiger partial charge in [0.25, 0.3) is 0 Å². The predicted molar refractivity (Wildman–Crippen MR) is 56.5 cm³/mol. The molecule has 1 rings (SSSR count). The second kappa shape index (κ2) is 5.80. The maximum Gasteiger partial charge on any atom is 0.309 e. The molecule has 0 N–H and O–H groups in total. The molecule has 0 aliphatic carbocycles. The zero-order chi connectivity index (χ0) is 11.1. The molecule has 4 nitrogen and oxygen atoms in total. The van der Waals surface area contributed by atoms with E-state index in [0.29, 0.717) is 5.88 Å². The van der Waals surface area contributed by atoms with Crippen molar-refractivity contribution in [2.75, 3.05) is 14.2 Å². The molecule has 0 aliphatic heterocycles. The number of carbonyl (C=O) groups excluding carboxylic acids is 1. The fourth-order valence-corrected chi connectivity index (χ4v) is 1.01. The number of carbonyl (C=O) groups is 1. The number of pyridine rings is 1. The third kappa shape index (κ3) is 3.81. The first-order chi connectivity index (χ1) is 7.26. The molecule has 80 valence electrons. The Hall–Kier alpha value is -1.84. The van der Waals surface area contributed by atoms with Crippen LogP contribution in [-0.2, 0) is 9.53 Å². The molecule has 1 heterocycles. The molecule has 0 aromatic carbocycles. The fraction of sp³-hybridized carbons (Fsp3) is 0.273. The molecule has 0 aliphatic rings. The summed E-state index contributed by atoms with van der Waals surface area (Å²) in [5.74, 6) is 0.294. The van der Waals surface area contributed by atoms with E-state index >= 15 is 0 Å². The molecule has 1 aromatic rings. The first-order valence-electron chi connectivity index (χ1n) is 4.49. The van der Waals surface area contributed by atoms with Gasteiger partial charge in [-0.15, -0.1) is 0 Å². The first-order valence-corrected chi connectivity index (χ1v) is 4.49. The average molecular weight is 207 g/mol. The van der Waals surface area contributed by atoms with Gasteiger partial charge in [-0.2, -0.15) is 0 Å². The van der Waals surface area contributed by atoms with Crippen LogP contribution in [-0.4, -0.2) is 25.2 Å². The van der Waals surface area contributed by atoms with Gasteiger partial charge in [-0.3, -0.25) is 4.79 Å². The van der Waals surface area contributed by atoms with Crippen LogP contribution in [0.3, 0.4) is 0 Å². The highest BCUT2D eigenvalue weighted by atomic mass is 16.5. The molecule has 0 atom stereocenters. The molecule has 0 amide bonds. The van der Waals surface area contributed by atoms with E-state index in [0.717, 1.165) is 5.56 Å². The van der Waals surface area contributed by atoms with Crippen molar-refractivity contribution in [2.24, 2.45) is 0 Å². The van der Waals surface area contributed by atoms with Crippen molar-refractivity contribution in [3.05, 3.63) is 30.0 Å². The van der Waals surface area contributed by atoms with Crippen LogP contribution in [0.1, 0.15) is 12.0 Å². The maximum absolute atomic E-state index is 10.8. The van der Waals surface area contributed by atoms with Gasteiger partial charge in [0, 0.05) is 12.3 Å².